The van der Waals surface area contributed by atoms with Crippen molar-refractivity contribution in [3.05, 3.63) is 47.8 Å². The first-order chi connectivity index (χ1) is 9.00. The van der Waals surface area contributed by atoms with Crippen LogP contribution in [0, 0.1) is 0 Å². The van der Waals surface area contributed by atoms with Gasteiger partial charge < -0.3 is 10.6 Å². The molecular formula is C13H14N4OS. The molecule has 1 aromatic heterocycles. The Morgan fingerprint density at radius 3 is 2.42 bits per heavy atom. The van der Waals surface area contributed by atoms with Gasteiger partial charge in [0.05, 0.1) is 0 Å². The fourth-order valence-corrected chi connectivity index (χ4v) is 1.86. The van der Waals surface area contributed by atoms with E-state index >= 15 is 0 Å². The second-order valence-corrected chi connectivity index (χ2v) is 4.56. The monoisotopic (exact) mass is 274 g/mol. The molecule has 0 unspecified atom stereocenters. The number of thiocarbonyl (C=S) groups is 1. The summed E-state index contributed by atoms with van der Waals surface area (Å²) >= 11 is 4.89. The van der Waals surface area contributed by atoms with Gasteiger partial charge in [-0.05, 0) is 30.3 Å². The molecule has 0 aliphatic heterocycles. The Labute approximate surface area is 116 Å². The minimum absolute atomic E-state index is 0.122. The average molecular weight is 274 g/mol. The summed E-state index contributed by atoms with van der Waals surface area (Å²) in [4.78, 5) is 14.2. The SMILES string of the molecule is CN(C(=O)c1ccnn1C)c1ccc(C(N)=S)cc1. The summed E-state index contributed by atoms with van der Waals surface area (Å²) in [6.45, 7) is 0. The van der Waals surface area contributed by atoms with Crippen LogP contribution < -0.4 is 10.6 Å². The summed E-state index contributed by atoms with van der Waals surface area (Å²) in [7, 11) is 3.45. The van der Waals surface area contributed by atoms with Gasteiger partial charge in [-0.25, -0.2) is 0 Å². The molecule has 1 amide bonds. The number of benzene rings is 1. The zero-order chi connectivity index (χ0) is 14.0. The van der Waals surface area contributed by atoms with Gasteiger partial charge in [0.15, 0.2) is 0 Å². The van der Waals surface area contributed by atoms with Crippen LogP contribution in [-0.4, -0.2) is 27.7 Å². The van der Waals surface area contributed by atoms with E-state index in [1.54, 1.807) is 48.1 Å². The number of carbonyl (C=O) groups excluding carboxylic acids is 1. The first-order valence-corrected chi connectivity index (χ1v) is 6.07. The highest BCUT2D eigenvalue weighted by atomic mass is 32.1. The lowest BCUT2D eigenvalue weighted by Crippen LogP contribution is -2.28. The number of carbonyl (C=O) groups is 1. The molecule has 0 atom stereocenters. The number of hydrogen-bond acceptors (Lipinski definition) is 3. The normalized spacial score (nSPS) is 10.2. The molecule has 5 nitrogen and oxygen atoms in total. The third-order valence-electron chi connectivity index (χ3n) is 2.88. The Morgan fingerprint density at radius 1 is 1.32 bits per heavy atom. The average Bonchev–Trinajstić information content (AvgIpc) is 2.83. The number of anilines is 1. The van der Waals surface area contributed by atoms with E-state index in [0.717, 1.165) is 11.3 Å². The number of hydrogen-bond donors (Lipinski definition) is 1. The van der Waals surface area contributed by atoms with Crippen molar-refractivity contribution in [2.45, 2.75) is 0 Å². The highest BCUT2D eigenvalue weighted by molar-refractivity contribution is 7.80. The lowest BCUT2D eigenvalue weighted by Gasteiger charge is -2.17. The van der Waals surface area contributed by atoms with E-state index in [4.69, 9.17) is 18.0 Å². The van der Waals surface area contributed by atoms with Gasteiger partial charge in [-0.3, -0.25) is 9.48 Å². The Morgan fingerprint density at radius 2 is 1.95 bits per heavy atom. The van der Waals surface area contributed by atoms with E-state index in [9.17, 15) is 4.79 Å². The zero-order valence-electron chi connectivity index (χ0n) is 10.7. The van der Waals surface area contributed by atoms with E-state index < -0.39 is 0 Å². The summed E-state index contributed by atoms with van der Waals surface area (Å²) in [5.74, 6) is -0.122. The van der Waals surface area contributed by atoms with Gasteiger partial charge in [0.25, 0.3) is 5.91 Å². The molecule has 0 radical (unpaired) electrons. The van der Waals surface area contributed by atoms with Crippen LogP contribution in [0.15, 0.2) is 36.5 Å². The van der Waals surface area contributed by atoms with Crippen molar-refractivity contribution in [2.24, 2.45) is 12.8 Å². The molecule has 2 rings (SSSR count). The summed E-state index contributed by atoms with van der Waals surface area (Å²) in [6.07, 6.45) is 1.59. The number of aromatic nitrogens is 2. The second-order valence-electron chi connectivity index (χ2n) is 4.12. The predicted octanol–water partition coefficient (Wildman–Crippen LogP) is 1.33. The second kappa shape index (κ2) is 5.19. The Balaban J connectivity index is 2.24. The molecule has 6 heteroatoms. The van der Waals surface area contributed by atoms with Gasteiger partial charge in [-0.1, -0.05) is 12.2 Å². The summed E-state index contributed by atoms with van der Waals surface area (Å²) in [5.41, 5.74) is 7.61. The highest BCUT2D eigenvalue weighted by Gasteiger charge is 2.16. The smallest absolute Gasteiger partial charge is 0.276 e. The van der Waals surface area contributed by atoms with Crippen LogP contribution in [0.2, 0.25) is 0 Å². The quantitative estimate of drug-likeness (QED) is 0.858. The van der Waals surface area contributed by atoms with Gasteiger partial charge in [0, 0.05) is 31.5 Å². The van der Waals surface area contributed by atoms with Crippen molar-refractivity contribution in [1.82, 2.24) is 9.78 Å². The fourth-order valence-electron chi connectivity index (χ4n) is 1.72. The molecule has 98 valence electrons. The molecule has 1 aromatic carbocycles. The lowest BCUT2D eigenvalue weighted by molar-refractivity contribution is 0.0984. The number of nitrogens with two attached hydrogens (primary N) is 1. The summed E-state index contributed by atoms with van der Waals surface area (Å²) < 4.78 is 1.54. The van der Waals surface area contributed by atoms with E-state index in [1.807, 2.05) is 12.1 Å². The van der Waals surface area contributed by atoms with Crippen molar-refractivity contribution >= 4 is 28.8 Å². The molecule has 19 heavy (non-hydrogen) atoms. The summed E-state index contributed by atoms with van der Waals surface area (Å²) in [6, 6.07) is 8.89. The van der Waals surface area contributed by atoms with Crippen LogP contribution in [0.25, 0.3) is 0 Å². The largest absolute Gasteiger partial charge is 0.389 e. The van der Waals surface area contributed by atoms with Gasteiger partial charge in [-0.15, -0.1) is 0 Å². The molecule has 0 spiro atoms. The van der Waals surface area contributed by atoms with Crippen molar-refractivity contribution < 1.29 is 4.79 Å². The van der Waals surface area contributed by atoms with E-state index in [1.165, 1.54) is 0 Å². The van der Waals surface area contributed by atoms with Crippen molar-refractivity contribution in [3.8, 4) is 0 Å². The van der Waals surface area contributed by atoms with Crippen LogP contribution in [0.3, 0.4) is 0 Å². The third kappa shape index (κ3) is 2.63. The maximum absolute atomic E-state index is 12.3. The number of nitrogens with zero attached hydrogens (tertiary/aromatic N) is 3. The zero-order valence-corrected chi connectivity index (χ0v) is 11.5. The van der Waals surface area contributed by atoms with E-state index in [2.05, 4.69) is 5.10 Å². The fraction of sp³-hybridized carbons (Fsp3) is 0.154. The number of rotatable bonds is 3. The van der Waals surface area contributed by atoms with Crippen LogP contribution >= 0.6 is 12.2 Å². The van der Waals surface area contributed by atoms with Crippen LogP contribution in [0.5, 0.6) is 0 Å². The number of aryl methyl sites for hydroxylation is 1. The van der Waals surface area contributed by atoms with E-state index in [0.29, 0.717) is 10.7 Å². The van der Waals surface area contributed by atoms with Crippen molar-refractivity contribution in [3.63, 3.8) is 0 Å². The molecule has 0 saturated heterocycles. The standard InChI is InChI=1S/C13H14N4OS/c1-16(13(18)11-7-8-15-17(11)2)10-5-3-9(4-6-10)12(14)19/h3-8H,1-2H3,(H2,14,19). The van der Waals surface area contributed by atoms with Crippen molar-refractivity contribution in [1.29, 1.82) is 0 Å². The lowest BCUT2D eigenvalue weighted by atomic mass is 10.2. The molecule has 0 saturated carbocycles. The van der Waals surface area contributed by atoms with Gasteiger partial charge in [0.2, 0.25) is 0 Å². The minimum Gasteiger partial charge on any atom is -0.389 e. The number of amides is 1. The van der Waals surface area contributed by atoms with Crippen molar-refractivity contribution in [2.75, 3.05) is 11.9 Å². The third-order valence-corrected chi connectivity index (χ3v) is 3.12. The molecule has 0 bridgehead atoms. The van der Waals surface area contributed by atoms with Gasteiger partial charge in [-0.2, -0.15) is 5.10 Å². The van der Waals surface area contributed by atoms with E-state index in [-0.39, 0.29) is 5.91 Å². The molecule has 1 heterocycles. The summed E-state index contributed by atoms with van der Waals surface area (Å²) in [5, 5.41) is 3.99. The van der Waals surface area contributed by atoms with Gasteiger partial charge in [0.1, 0.15) is 10.7 Å². The molecular weight excluding hydrogens is 260 g/mol. The Bertz CT molecular complexity index is 618. The Hall–Kier alpha value is -2.21. The molecule has 2 N–H and O–H groups in total. The van der Waals surface area contributed by atoms with Crippen LogP contribution in [-0.2, 0) is 7.05 Å². The molecule has 0 aliphatic rings. The Kier molecular flexibility index (Phi) is 3.62. The maximum Gasteiger partial charge on any atom is 0.276 e. The molecule has 2 aromatic rings. The van der Waals surface area contributed by atoms with Crippen LogP contribution in [0.4, 0.5) is 5.69 Å². The molecule has 0 fully saturated rings. The van der Waals surface area contributed by atoms with Gasteiger partial charge >= 0.3 is 0 Å². The minimum atomic E-state index is -0.122. The first-order valence-electron chi connectivity index (χ1n) is 5.66. The topological polar surface area (TPSA) is 64.2 Å². The first kappa shape index (κ1) is 13.2. The molecule has 0 aliphatic carbocycles. The highest BCUT2D eigenvalue weighted by Crippen LogP contribution is 2.16. The maximum atomic E-state index is 12.3. The van der Waals surface area contributed by atoms with Crippen LogP contribution in [0.1, 0.15) is 16.1 Å². The predicted molar refractivity (Wildman–Crippen MR) is 78.3 cm³/mol.